The lowest BCUT2D eigenvalue weighted by molar-refractivity contribution is 0.401. The molecule has 0 spiro atoms. The third kappa shape index (κ3) is 1.83. The van der Waals surface area contributed by atoms with E-state index in [-0.39, 0.29) is 0 Å². The predicted molar refractivity (Wildman–Crippen MR) is 56.3 cm³/mol. The highest BCUT2D eigenvalue weighted by molar-refractivity contribution is 9.10. The number of hydrogen-bond acceptors (Lipinski definition) is 2. The van der Waals surface area contributed by atoms with Crippen LogP contribution in [0.1, 0.15) is 31.0 Å². The van der Waals surface area contributed by atoms with Crippen molar-refractivity contribution in [2.75, 3.05) is 0 Å². The molecule has 1 heterocycles. The van der Waals surface area contributed by atoms with Crippen molar-refractivity contribution in [2.45, 2.75) is 25.2 Å². The van der Waals surface area contributed by atoms with Crippen LogP contribution in [0.3, 0.4) is 0 Å². The van der Waals surface area contributed by atoms with Crippen LogP contribution in [0.4, 0.5) is 0 Å². The molecule has 2 nitrogen and oxygen atoms in total. The molecule has 0 N–H and O–H groups in total. The maximum atomic E-state index is 5.86. The number of halogens is 3. The molecule has 0 saturated heterocycles. The van der Waals surface area contributed by atoms with E-state index in [1.807, 2.05) is 0 Å². The zero-order valence-corrected chi connectivity index (χ0v) is 9.82. The Morgan fingerprint density at radius 1 is 1.15 bits per heavy atom. The molecule has 1 aromatic rings. The number of nitrogens with zero attached hydrogens (tertiary/aromatic N) is 2. The van der Waals surface area contributed by atoms with Crippen LogP contribution in [0.25, 0.3) is 0 Å². The fraction of sp³-hybridized carbons (Fsp3) is 0.500. The molecule has 0 atom stereocenters. The van der Waals surface area contributed by atoms with Gasteiger partial charge in [-0.3, -0.25) is 0 Å². The standard InChI is InChI=1S/C8H7BrCl2N2/c9-5-6(10)12-8(13-7(5)11)4-2-1-3-4/h4H,1-3H2. The lowest BCUT2D eigenvalue weighted by Crippen LogP contribution is -2.12. The van der Waals surface area contributed by atoms with Gasteiger partial charge in [0.1, 0.15) is 16.1 Å². The Kier molecular flexibility index (Phi) is 2.77. The van der Waals surface area contributed by atoms with Crippen LogP contribution in [0.2, 0.25) is 10.3 Å². The van der Waals surface area contributed by atoms with E-state index < -0.39 is 0 Å². The summed E-state index contributed by atoms with van der Waals surface area (Å²) in [6, 6.07) is 0. The van der Waals surface area contributed by atoms with Gasteiger partial charge in [-0.1, -0.05) is 29.6 Å². The average molecular weight is 282 g/mol. The van der Waals surface area contributed by atoms with E-state index in [9.17, 15) is 0 Å². The lowest BCUT2D eigenvalue weighted by atomic mass is 9.85. The number of aromatic nitrogens is 2. The molecule has 1 aromatic heterocycles. The Morgan fingerprint density at radius 2 is 1.69 bits per heavy atom. The third-order valence-electron chi connectivity index (χ3n) is 2.26. The van der Waals surface area contributed by atoms with Crippen LogP contribution in [-0.2, 0) is 0 Å². The van der Waals surface area contributed by atoms with E-state index in [1.165, 1.54) is 6.42 Å². The second-order valence-electron chi connectivity index (χ2n) is 3.11. The molecule has 1 aliphatic carbocycles. The van der Waals surface area contributed by atoms with Crippen LogP contribution in [0.5, 0.6) is 0 Å². The Hall–Kier alpha value is 0.140. The average Bonchev–Trinajstić information content (AvgIpc) is 1.96. The van der Waals surface area contributed by atoms with Crippen molar-refractivity contribution in [3.8, 4) is 0 Å². The first-order valence-corrected chi connectivity index (χ1v) is 5.62. The molecule has 1 saturated carbocycles. The molecule has 1 fully saturated rings. The molecule has 0 amide bonds. The van der Waals surface area contributed by atoms with Gasteiger partial charge < -0.3 is 0 Å². The maximum Gasteiger partial charge on any atom is 0.148 e. The molecule has 0 radical (unpaired) electrons. The highest BCUT2D eigenvalue weighted by atomic mass is 79.9. The van der Waals surface area contributed by atoms with Crippen molar-refractivity contribution >= 4 is 39.1 Å². The molecular weight excluding hydrogens is 275 g/mol. The minimum absolute atomic E-state index is 0.405. The Balaban J connectivity index is 2.37. The molecule has 1 aliphatic rings. The topological polar surface area (TPSA) is 25.8 Å². The van der Waals surface area contributed by atoms with Gasteiger partial charge in [0, 0.05) is 5.92 Å². The van der Waals surface area contributed by atoms with Crippen molar-refractivity contribution in [1.29, 1.82) is 0 Å². The summed E-state index contributed by atoms with van der Waals surface area (Å²) in [5.74, 6) is 1.24. The molecule has 2 rings (SSSR count). The minimum atomic E-state index is 0.405. The van der Waals surface area contributed by atoms with E-state index in [1.54, 1.807) is 0 Å². The fourth-order valence-electron chi connectivity index (χ4n) is 1.26. The highest BCUT2D eigenvalue weighted by Crippen LogP contribution is 2.37. The van der Waals surface area contributed by atoms with Crippen LogP contribution in [0, 0.1) is 0 Å². The zero-order chi connectivity index (χ0) is 9.42. The van der Waals surface area contributed by atoms with Gasteiger partial charge in [0.15, 0.2) is 0 Å². The van der Waals surface area contributed by atoms with Gasteiger partial charge >= 0.3 is 0 Å². The van der Waals surface area contributed by atoms with Crippen molar-refractivity contribution < 1.29 is 0 Å². The first-order chi connectivity index (χ1) is 6.18. The molecule has 70 valence electrons. The zero-order valence-electron chi connectivity index (χ0n) is 6.73. The normalized spacial score (nSPS) is 17.2. The smallest absolute Gasteiger partial charge is 0.148 e. The summed E-state index contributed by atoms with van der Waals surface area (Å²) in [5, 5.41) is 0.809. The van der Waals surface area contributed by atoms with Crippen LogP contribution >= 0.6 is 39.1 Å². The minimum Gasteiger partial charge on any atom is -0.220 e. The summed E-state index contributed by atoms with van der Waals surface area (Å²) < 4.78 is 0.582. The summed E-state index contributed by atoms with van der Waals surface area (Å²) in [7, 11) is 0. The molecule has 0 aromatic carbocycles. The van der Waals surface area contributed by atoms with E-state index in [4.69, 9.17) is 23.2 Å². The van der Waals surface area contributed by atoms with Crippen molar-refractivity contribution in [3.63, 3.8) is 0 Å². The highest BCUT2D eigenvalue weighted by Gasteiger charge is 2.23. The second-order valence-corrected chi connectivity index (χ2v) is 4.61. The van der Waals surface area contributed by atoms with Gasteiger partial charge in [0.05, 0.1) is 4.47 Å². The van der Waals surface area contributed by atoms with Gasteiger partial charge in [0.2, 0.25) is 0 Å². The van der Waals surface area contributed by atoms with Crippen molar-refractivity contribution in [1.82, 2.24) is 9.97 Å². The summed E-state index contributed by atoms with van der Waals surface area (Å²) in [4.78, 5) is 8.36. The molecule has 13 heavy (non-hydrogen) atoms. The third-order valence-corrected chi connectivity index (χ3v) is 4.01. The summed E-state index contributed by atoms with van der Waals surface area (Å²) in [6.45, 7) is 0. The molecule has 0 aliphatic heterocycles. The van der Waals surface area contributed by atoms with Crippen molar-refractivity contribution in [3.05, 3.63) is 20.6 Å². The van der Waals surface area contributed by atoms with Gasteiger partial charge in [-0.05, 0) is 28.8 Å². The van der Waals surface area contributed by atoms with Crippen molar-refractivity contribution in [2.24, 2.45) is 0 Å². The number of rotatable bonds is 1. The maximum absolute atomic E-state index is 5.86. The monoisotopic (exact) mass is 280 g/mol. The number of hydrogen-bond donors (Lipinski definition) is 0. The summed E-state index contributed by atoms with van der Waals surface area (Å²) >= 11 is 14.9. The molecular formula is C8H7BrCl2N2. The Bertz CT molecular complexity index is 316. The van der Waals surface area contributed by atoms with Gasteiger partial charge in [-0.25, -0.2) is 9.97 Å². The van der Waals surface area contributed by atoms with E-state index in [2.05, 4.69) is 25.9 Å². The summed E-state index contributed by atoms with van der Waals surface area (Å²) in [5.41, 5.74) is 0. The molecule has 5 heteroatoms. The van der Waals surface area contributed by atoms with Gasteiger partial charge in [-0.2, -0.15) is 0 Å². The predicted octanol–water partition coefficient (Wildman–Crippen LogP) is 3.81. The van der Waals surface area contributed by atoms with E-state index >= 15 is 0 Å². The van der Waals surface area contributed by atoms with E-state index in [0.29, 0.717) is 20.7 Å². The molecule has 0 bridgehead atoms. The summed E-state index contributed by atoms with van der Waals surface area (Å²) in [6.07, 6.45) is 3.54. The Morgan fingerprint density at radius 3 is 2.08 bits per heavy atom. The van der Waals surface area contributed by atoms with Crippen LogP contribution in [-0.4, -0.2) is 9.97 Å². The SMILES string of the molecule is Clc1nc(C2CCC2)nc(Cl)c1Br. The first kappa shape index (κ1) is 9.69. The fourth-order valence-corrected chi connectivity index (χ4v) is 1.84. The Labute approximate surface area is 94.8 Å². The van der Waals surface area contributed by atoms with E-state index in [0.717, 1.165) is 18.7 Å². The van der Waals surface area contributed by atoms with Gasteiger partial charge in [0.25, 0.3) is 0 Å². The molecule has 0 unspecified atom stereocenters. The second kappa shape index (κ2) is 3.71. The first-order valence-electron chi connectivity index (χ1n) is 4.07. The quantitative estimate of drug-likeness (QED) is 0.732. The largest absolute Gasteiger partial charge is 0.220 e. The lowest BCUT2D eigenvalue weighted by Gasteiger charge is -2.23. The van der Waals surface area contributed by atoms with Crippen LogP contribution in [0.15, 0.2) is 4.47 Å². The van der Waals surface area contributed by atoms with Gasteiger partial charge in [-0.15, -0.1) is 0 Å². The van der Waals surface area contributed by atoms with Crippen LogP contribution < -0.4 is 0 Å².